The SMILES string of the molecule is CCc1cnc2c(c1NC(=O)c1ccc(OC)c(OC)c1)c(=O)n(C)c(=O)n2C. The van der Waals surface area contributed by atoms with Crippen molar-refractivity contribution >= 4 is 22.6 Å². The molecular weight excluding hydrogens is 376 g/mol. The van der Waals surface area contributed by atoms with Gasteiger partial charge in [0.15, 0.2) is 17.1 Å². The number of aryl methyl sites for hydroxylation is 2. The minimum Gasteiger partial charge on any atom is -0.493 e. The fourth-order valence-corrected chi connectivity index (χ4v) is 3.14. The Morgan fingerprint density at radius 2 is 1.79 bits per heavy atom. The van der Waals surface area contributed by atoms with E-state index in [9.17, 15) is 14.4 Å². The van der Waals surface area contributed by atoms with Crippen LogP contribution in [-0.2, 0) is 20.5 Å². The number of carbonyl (C=O) groups is 1. The molecule has 3 aromatic rings. The zero-order valence-corrected chi connectivity index (χ0v) is 16.9. The highest BCUT2D eigenvalue weighted by molar-refractivity contribution is 6.09. The van der Waals surface area contributed by atoms with Crippen LogP contribution in [0.3, 0.4) is 0 Å². The molecule has 0 bridgehead atoms. The zero-order valence-electron chi connectivity index (χ0n) is 16.9. The van der Waals surface area contributed by atoms with Gasteiger partial charge in [0.05, 0.1) is 19.9 Å². The van der Waals surface area contributed by atoms with E-state index in [-0.39, 0.29) is 11.0 Å². The predicted molar refractivity (Wildman–Crippen MR) is 109 cm³/mol. The van der Waals surface area contributed by atoms with E-state index >= 15 is 0 Å². The molecule has 9 nitrogen and oxygen atoms in total. The van der Waals surface area contributed by atoms with Crippen molar-refractivity contribution in [1.29, 1.82) is 0 Å². The van der Waals surface area contributed by atoms with Crippen LogP contribution in [0.2, 0.25) is 0 Å². The molecule has 0 radical (unpaired) electrons. The maximum absolute atomic E-state index is 12.9. The first-order valence-electron chi connectivity index (χ1n) is 8.95. The highest BCUT2D eigenvalue weighted by Crippen LogP contribution is 2.29. The summed E-state index contributed by atoms with van der Waals surface area (Å²) in [4.78, 5) is 42.2. The van der Waals surface area contributed by atoms with Crippen LogP contribution in [-0.4, -0.2) is 34.2 Å². The average molecular weight is 398 g/mol. The molecule has 0 spiro atoms. The summed E-state index contributed by atoms with van der Waals surface area (Å²) in [5.74, 6) is 0.481. The lowest BCUT2D eigenvalue weighted by Crippen LogP contribution is -2.38. The lowest BCUT2D eigenvalue weighted by atomic mass is 10.1. The van der Waals surface area contributed by atoms with E-state index < -0.39 is 17.2 Å². The van der Waals surface area contributed by atoms with E-state index in [0.717, 1.165) is 4.57 Å². The third-order valence-corrected chi connectivity index (χ3v) is 4.81. The van der Waals surface area contributed by atoms with Gasteiger partial charge in [-0.3, -0.25) is 18.7 Å². The molecule has 1 aromatic carbocycles. The van der Waals surface area contributed by atoms with Gasteiger partial charge in [-0.1, -0.05) is 6.92 Å². The van der Waals surface area contributed by atoms with Crippen LogP contribution in [0.1, 0.15) is 22.8 Å². The monoisotopic (exact) mass is 398 g/mol. The number of hydrogen-bond acceptors (Lipinski definition) is 6. The molecule has 0 aliphatic rings. The van der Waals surface area contributed by atoms with Crippen molar-refractivity contribution < 1.29 is 14.3 Å². The van der Waals surface area contributed by atoms with Gasteiger partial charge in [0, 0.05) is 25.9 Å². The number of amides is 1. The van der Waals surface area contributed by atoms with Gasteiger partial charge in [0.2, 0.25) is 0 Å². The summed E-state index contributed by atoms with van der Waals surface area (Å²) >= 11 is 0. The Kier molecular flexibility index (Phi) is 5.40. The molecule has 0 saturated carbocycles. The van der Waals surface area contributed by atoms with Gasteiger partial charge in [0.25, 0.3) is 11.5 Å². The standard InChI is InChI=1S/C20H22N4O5/c1-6-11-10-21-17-15(19(26)24(3)20(27)23(17)2)16(11)22-18(25)12-7-8-13(28-4)14(9-12)29-5/h7-10H,6H2,1-5H3,(H,21,22,25). The second kappa shape index (κ2) is 7.78. The van der Waals surface area contributed by atoms with E-state index in [1.54, 1.807) is 24.4 Å². The number of hydrogen-bond donors (Lipinski definition) is 1. The largest absolute Gasteiger partial charge is 0.493 e. The summed E-state index contributed by atoms with van der Waals surface area (Å²) in [5.41, 5.74) is 0.551. The minimum absolute atomic E-state index is 0.183. The van der Waals surface area contributed by atoms with Crippen LogP contribution in [0.25, 0.3) is 11.0 Å². The molecule has 2 heterocycles. The average Bonchev–Trinajstić information content (AvgIpc) is 2.75. The highest BCUT2D eigenvalue weighted by Gasteiger charge is 2.19. The normalized spacial score (nSPS) is 10.8. The van der Waals surface area contributed by atoms with Crippen LogP contribution < -0.4 is 26.0 Å². The van der Waals surface area contributed by atoms with Gasteiger partial charge in [-0.15, -0.1) is 0 Å². The van der Waals surface area contributed by atoms with Crippen molar-refractivity contribution in [3.05, 3.63) is 56.4 Å². The Labute approximate surface area is 166 Å². The first-order chi connectivity index (χ1) is 13.8. The van der Waals surface area contributed by atoms with Crippen LogP contribution in [0.5, 0.6) is 11.5 Å². The highest BCUT2D eigenvalue weighted by atomic mass is 16.5. The predicted octanol–water partition coefficient (Wildman–Crippen LogP) is 1.46. The first kappa shape index (κ1) is 20.1. The Morgan fingerprint density at radius 1 is 1.10 bits per heavy atom. The molecule has 0 fully saturated rings. The Hall–Kier alpha value is -3.62. The first-order valence-corrected chi connectivity index (χ1v) is 8.95. The number of fused-ring (bicyclic) bond motifs is 1. The molecule has 3 rings (SSSR count). The van der Waals surface area contributed by atoms with Crippen LogP contribution >= 0.6 is 0 Å². The smallest absolute Gasteiger partial charge is 0.332 e. The molecule has 2 aromatic heterocycles. The number of anilines is 1. The molecule has 0 aliphatic heterocycles. The molecule has 9 heteroatoms. The van der Waals surface area contributed by atoms with Crippen molar-refractivity contribution in [3.63, 3.8) is 0 Å². The zero-order chi connectivity index (χ0) is 21.3. The quantitative estimate of drug-likeness (QED) is 0.698. The van der Waals surface area contributed by atoms with Gasteiger partial charge >= 0.3 is 5.69 Å². The number of nitrogens with zero attached hydrogens (tertiary/aromatic N) is 3. The molecule has 0 atom stereocenters. The molecule has 1 amide bonds. The molecular formula is C20H22N4O5. The van der Waals surface area contributed by atoms with Gasteiger partial charge in [-0.05, 0) is 30.2 Å². The van der Waals surface area contributed by atoms with Crippen LogP contribution in [0, 0.1) is 0 Å². The second-order valence-corrected chi connectivity index (χ2v) is 6.44. The molecule has 0 unspecified atom stereocenters. The number of rotatable bonds is 5. The van der Waals surface area contributed by atoms with Crippen molar-refractivity contribution in [3.8, 4) is 11.5 Å². The number of methoxy groups -OCH3 is 2. The summed E-state index contributed by atoms with van der Waals surface area (Å²) in [6.45, 7) is 1.89. The summed E-state index contributed by atoms with van der Waals surface area (Å²) in [6.07, 6.45) is 2.10. The van der Waals surface area contributed by atoms with E-state index in [0.29, 0.717) is 34.7 Å². The maximum atomic E-state index is 12.9. The summed E-state index contributed by atoms with van der Waals surface area (Å²) in [7, 11) is 5.91. The molecule has 1 N–H and O–H groups in total. The summed E-state index contributed by atoms with van der Waals surface area (Å²) in [6, 6.07) is 4.78. The Balaban J connectivity index is 2.18. The number of ether oxygens (including phenoxy) is 2. The maximum Gasteiger partial charge on any atom is 0.332 e. The number of pyridine rings is 1. The number of aromatic nitrogens is 3. The molecule has 29 heavy (non-hydrogen) atoms. The minimum atomic E-state index is -0.520. The number of nitrogens with one attached hydrogen (secondary N) is 1. The fourth-order valence-electron chi connectivity index (χ4n) is 3.14. The number of carbonyl (C=O) groups excluding carboxylic acids is 1. The van der Waals surface area contributed by atoms with E-state index in [4.69, 9.17) is 9.47 Å². The Bertz CT molecular complexity index is 1230. The van der Waals surface area contributed by atoms with Crippen LogP contribution in [0.4, 0.5) is 5.69 Å². The topological polar surface area (TPSA) is 104 Å². The fraction of sp³-hybridized carbons (Fsp3) is 0.300. The third-order valence-electron chi connectivity index (χ3n) is 4.81. The number of benzene rings is 1. The van der Waals surface area contributed by atoms with Crippen molar-refractivity contribution in [1.82, 2.24) is 14.1 Å². The summed E-state index contributed by atoms with van der Waals surface area (Å²) in [5, 5.41) is 3.00. The van der Waals surface area contributed by atoms with Gasteiger partial charge in [-0.25, -0.2) is 9.78 Å². The molecule has 0 aliphatic carbocycles. The van der Waals surface area contributed by atoms with Crippen LogP contribution in [0.15, 0.2) is 34.0 Å². The summed E-state index contributed by atoms with van der Waals surface area (Å²) < 4.78 is 12.7. The lowest BCUT2D eigenvalue weighted by Gasteiger charge is -2.15. The van der Waals surface area contributed by atoms with E-state index in [1.165, 1.54) is 32.9 Å². The van der Waals surface area contributed by atoms with Gasteiger partial charge < -0.3 is 14.8 Å². The molecule has 0 saturated heterocycles. The van der Waals surface area contributed by atoms with E-state index in [2.05, 4.69) is 10.3 Å². The van der Waals surface area contributed by atoms with Gasteiger partial charge in [-0.2, -0.15) is 0 Å². The van der Waals surface area contributed by atoms with Gasteiger partial charge in [0.1, 0.15) is 5.39 Å². The lowest BCUT2D eigenvalue weighted by molar-refractivity contribution is 0.102. The van der Waals surface area contributed by atoms with Crippen molar-refractivity contribution in [2.24, 2.45) is 14.1 Å². The van der Waals surface area contributed by atoms with Crippen molar-refractivity contribution in [2.45, 2.75) is 13.3 Å². The van der Waals surface area contributed by atoms with Crippen molar-refractivity contribution in [2.75, 3.05) is 19.5 Å². The second-order valence-electron chi connectivity index (χ2n) is 6.44. The molecule has 152 valence electrons. The van der Waals surface area contributed by atoms with E-state index in [1.807, 2.05) is 6.92 Å². The Morgan fingerprint density at radius 3 is 2.41 bits per heavy atom. The third kappa shape index (κ3) is 3.35.